The van der Waals surface area contributed by atoms with Crippen LogP contribution in [0.3, 0.4) is 0 Å². The van der Waals surface area contributed by atoms with E-state index in [-0.39, 0.29) is 5.38 Å². The molecule has 1 unspecified atom stereocenters. The number of nitrogens with zero attached hydrogens (tertiary/aromatic N) is 4. The van der Waals surface area contributed by atoms with Crippen LogP contribution < -0.4 is 0 Å². The van der Waals surface area contributed by atoms with E-state index in [0.29, 0.717) is 6.54 Å². The molecule has 0 aromatic carbocycles. The number of alkyl halides is 1. The molecule has 0 aliphatic heterocycles. The van der Waals surface area contributed by atoms with E-state index < -0.39 is 0 Å². The molecule has 0 aliphatic rings. The Kier molecular flexibility index (Phi) is 3.17. The molecule has 0 amide bonds. The second kappa shape index (κ2) is 4.97. The van der Waals surface area contributed by atoms with Crippen molar-refractivity contribution >= 4 is 22.6 Å². The topological polar surface area (TPSA) is 43.6 Å². The standard InChI is InChI=1S/C14H13ClN4/c1-10(15)14-18-12-8-17-6-4-13(12)19(14)9-11-3-2-5-16-7-11/h2-8,10H,9H2,1H3. The Morgan fingerprint density at radius 1 is 1.21 bits per heavy atom. The van der Waals surface area contributed by atoms with Gasteiger partial charge in [-0.15, -0.1) is 11.6 Å². The van der Waals surface area contributed by atoms with Crippen molar-refractivity contribution in [2.45, 2.75) is 18.8 Å². The number of halogens is 1. The zero-order chi connectivity index (χ0) is 13.2. The van der Waals surface area contributed by atoms with Crippen molar-refractivity contribution in [1.29, 1.82) is 0 Å². The molecule has 0 fully saturated rings. The smallest absolute Gasteiger partial charge is 0.128 e. The Morgan fingerprint density at radius 3 is 2.79 bits per heavy atom. The Bertz CT molecular complexity index is 691. The summed E-state index contributed by atoms with van der Waals surface area (Å²) >= 11 is 6.23. The van der Waals surface area contributed by atoms with E-state index in [9.17, 15) is 0 Å². The Hall–Kier alpha value is -1.94. The fourth-order valence-corrected chi connectivity index (χ4v) is 2.31. The predicted molar refractivity (Wildman–Crippen MR) is 75.1 cm³/mol. The molecule has 3 rings (SSSR count). The number of pyridine rings is 2. The van der Waals surface area contributed by atoms with Gasteiger partial charge in [-0.25, -0.2) is 4.98 Å². The van der Waals surface area contributed by atoms with E-state index in [4.69, 9.17) is 11.6 Å². The molecule has 0 spiro atoms. The Morgan fingerprint density at radius 2 is 2.05 bits per heavy atom. The maximum Gasteiger partial charge on any atom is 0.128 e. The summed E-state index contributed by atoms with van der Waals surface area (Å²) in [5.74, 6) is 0.855. The average molecular weight is 273 g/mol. The van der Waals surface area contributed by atoms with E-state index >= 15 is 0 Å². The average Bonchev–Trinajstić information content (AvgIpc) is 2.79. The zero-order valence-corrected chi connectivity index (χ0v) is 11.2. The summed E-state index contributed by atoms with van der Waals surface area (Å²) in [6.07, 6.45) is 7.16. The zero-order valence-electron chi connectivity index (χ0n) is 10.5. The third-order valence-electron chi connectivity index (χ3n) is 3.00. The minimum absolute atomic E-state index is 0.149. The van der Waals surface area contributed by atoms with Crippen LogP contribution in [0.25, 0.3) is 11.0 Å². The highest BCUT2D eigenvalue weighted by molar-refractivity contribution is 6.20. The molecule has 0 bridgehead atoms. The third-order valence-corrected chi connectivity index (χ3v) is 3.19. The van der Waals surface area contributed by atoms with Crippen LogP contribution in [0, 0.1) is 0 Å². The summed E-state index contributed by atoms with van der Waals surface area (Å²) in [6, 6.07) is 5.93. The molecule has 3 heterocycles. The molecular formula is C14H13ClN4. The highest BCUT2D eigenvalue weighted by Crippen LogP contribution is 2.24. The monoisotopic (exact) mass is 272 g/mol. The SMILES string of the molecule is CC(Cl)c1nc2cnccc2n1Cc1cccnc1. The molecule has 3 aromatic heterocycles. The van der Waals surface area contributed by atoms with Crippen molar-refractivity contribution in [3.63, 3.8) is 0 Å². The molecule has 0 N–H and O–H groups in total. The molecule has 5 heteroatoms. The fraction of sp³-hybridized carbons (Fsp3) is 0.214. The van der Waals surface area contributed by atoms with Crippen LogP contribution in [-0.2, 0) is 6.54 Å². The van der Waals surface area contributed by atoms with Crippen LogP contribution >= 0.6 is 11.6 Å². The van der Waals surface area contributed by atoms with Crippen molar-refractivity contribution in [1.82, 2.24) is 19.5 Å². The number of imidazole rings is 1. The van der Waals surface area contributed by atoms with E-state index in [1.54, 1.807) is 18.6 Å². The second-order valence-corrected chi connectivity index (χ2v) is 5.05. The maximum atomic E-state index is 6.23. The number of fused-ring (bicyclic) bond motifs is 1. The van der Waals surface area contributed by atoms with Crippen molar-refractivity contribution in [3.8, 4) is 0 Å². The van der Waals surface area contributed by atoms with E-state index in [1.807, 2.05) is 31.3 Å². The number of hydrogen-bond acceptors (Lipinski definition) is 3. The first kappa shape index (κ1) is 12.1. The highest BCUT2D eigenvalue weighted by atomic mass is 35.5. The molecule has 0 saturated heterocycles. The van der Waals surface area contributed by atoms with Crippen LogP contribution in [0.4, 0.5) is 0 Å². The summed E-state index contributed by atoms with van der Waals surface area (Å²) in [4.78, 5) is 12.8. The Labute approximate surface area is 116 Å². The molecule has 19 heavy (non-hydrogen) atoms. The van der Waals surface area contributed by atoms with Crippen LogP contribution in [0.5, 0.6) is 0 Å². The minimum atomic E-state index is -0.149. The van der Waals surface area contributed by atoms with Gasteiger partial charge in [0, 0.05) is 18.6 Å². The molecule has 0 saturated carbocycles. The van der Waals surface area contributed by atoms with Crippen LogP contribution in [0.1, 0.15) is 23.7 Å². The third kappa shape index (κ3) is 2.31. The van der Waals surface area contributed by atoms with Crippen molar-refractivity contribution < 1.29 is 0 Å². The molecule has 96 valence electrons. The van der Waals surface area contributed by atoms with Crippen LogP contribution in [-0.4, -0.2) is 19.5 Å². The van der Waals surface area contributed by atoms with Crippen LogP contribution in [0.2, 0.25) is 0 Å². The van der Waals surface area contributed by atoms with E-state index in [1.165, 1.54) is 0 Å². The lowest BCUT2D eigenvalue weighted by Crippen LogP contribution is -2.05. The van der Waals surface area contributed by atoms with E-state index in [0.717, 1.165) is 22.4 Å². The predicted octanol–water partition coefficient (Wildman–Crippen LogP) is 3.17. The van der Waals surface area contributed by atoms with Gasteiger partial charge in [-0.3, -0.25) is 9.97 Å². The molecular weight excluding hydrogens is 260 g/mol. The quantitative estimate of drug-likeness (QED) is 0.688. The number of rotatable bonds is 3. The van der Waals surface area contributed by atoms with E-state index in [2.05, 4.69) is 19.5 Å². The molecule has 3 aromatic rings. The van der Waals surface area contributed by atoms with Gasteiger partial charge in [0.15, 0.2) is 0 Å². The highest BCUT2D eigenvalue weighted by Gasteiger charge is 2.15. The second-order valence-electron chi connectivity index (χ2n) is 4.40. The van der Waals surface area contributed by atoms with Gasteiger partial charge < -0.3 is 4.57 Å². The lowest BCUT2D eigenvalue weighted by Gasteiger charge is -2.10. The molecule has 0 radical (unpaired) electrons. The fourth-order valence-electron chi connectivity index (χ4n) is 2.14. The van der Waals surface area contributed by atoms with Gasteiger partial charge in [0.1, 0.15) is 11.3 Å². The molecule has 4 nitrogen and oxygen atoms in total. The van der Waals surface area contributed by atoms with Gasteiger partial charge >= 0.3 is 0 Å². The molecule has 0 aliphatic carbocycles. The minimum Gasteiger partial charge on any atom is -0.322 e. The number of aromatic nitrogens is 4. The van der Waals surface area contributed by atoms with Gasteiger partial charge in [-0.2, -0.15) is 0 Å². The first-order valence-corrected chi connectivity index (χ1v) is 6.52. The first-order chi connectivity index (χ1) is 9.25. The Balaban J connectivity index is 2.12. The lowest BCUT2D eigenvalue weighted by atomic mass is 10.2. The van der Waals surface area contributed by atoms with Crippen molar-refractivity contribution in [2.75, 3.05) is 0 Å². The lowest BCUT2D eigenvalue weighted by molar-refractivity contribution is 0.740. The van der Waals surface area contributed by atoms with Crippen molar-refractivity contribution in [3.05, 3.63) is 54.4 Å². The van der Waals surface area contributed by atoms with Gasteiger partial charge in [0.2, 0.25) is 0 Å². The summed E-state index contributed by atoms with van der Waals surface area (Å²) in [6.45, 7) is 2.64. The van der Waals surface area contributed by atoms with Gasteiger partial charge in [0.05, 0.1) is 23.6 Å². The summed E-state index contributed by atoms with van der Waals surface area (Å²) in [7, 11) is 0. The van der Waals surface area contributed by atoms with Gasteiger partial charge in [0.25, 0.3) is 0 Å². The van der Waals surface area contributed by atoms with Crippen molar-refractivity contribution in [2.24, 2.45) is 0 Å². The molecule has 1 atom stereocenters. The summed E-state index contributed by atoms with van der Waals surface area (Å²) in [5.41, 5.74) is 3.03. The normalized spacial score (nSPS) is 12.7. The van der Waals surface area contributed by atoms with Crippen LogP contribution in [0.15, 0.2) is 43.0 Å². The summed E-state index contributed by atoms with van der Waals surface area (Å²) in [5, 5.41) is -0.149. The first-order valence-electron chi connectivity index (χ1n) is 6.09. The van der Waals surface area contributed by atoms with Gasteiger partial charge in [-0.05, 0) is 24.6 Å². The maximum absolute atomic E-state index is 6.23. The number of hydrogen-bond donors (Lipinski definition) is 0. The van der Waals surface area contributed by atoms with Gasteiger partial charge in [-0.1, -0.05) is 6.07 Å². The summed E-state index contributed by atoms with van der Waals surface area (Å²) < 4.78 is 2.12. The largest absolute Gasteiger partial charge is 0.322 e.